The number of aryl methyl sites for hydroxylation is 1. The van der Waals surface area contributed by atoms with Gasteiger partial charge in [-0.2, -0.15) is 0 Å². The van der Waals surface area contributed by atoms with Crippen LogP contribution in [0.4, 0.5) is 4.39 Å². The molecule has 1 aliphatic carbocycles. The molecule has 1 aromatic carbocycles. The summed E-state index contributed by atoms with van der Waals surface area (Å²) in [7, 11) is 0. The van der Waals surface area contributed by atoms with Gasteiger partial charge in [-0.1, -0.05) is 20.8 Å². The molecule has 0 N–H and O–H groups in total. The summed E-state index contributed by atoms with van der Waals surface area (Å²) in [5.41, 5.74) is 8.21. The fourth-order valence-electron chi connectivity index (χ4n) is 5.71. The van der Waals surface area contributed by atoms with E-state index in [1.807, 2.05) is 11.5 Å². The van der Waals surface area contributed by atoms with Crippen LogP contribution in [-0.2, 0) is 24.2 Å². The summed E-state index contributed by atoms with van der Waals surface area (Å²) >= 11 is 0. The van der Waals surface area contributed by atoms with Crippen molar-refractivity contribution >= 4 is 17.2 Å². The summed E-state index contributed by atoms with van der Waals surface area (Å²) < 4.78 is 16.5. The summed E-state index contributed by atoms with van der Waals surface area (Å²) in [5, 5.41) is 1.09. The Bertz CT molecular complexity index is 1340. The minimum Gasteiger partial charge on any atom is -0.303 e. The van der Waals surface area contributed by atoms with E-state index in [-0.39, 0.29) is 17.3 Å². The molecule has 2 aromatic heterocycles. The molecule has 166 valence electrons. The normalized spacial score (nSPS) is 17.3. The Hall–Kier alpha value is -2.82. The summed E-state index contributed by atoms with van der Waals surface area (Å²) in [6.45, 7) is 8.81. The second-order valence-electron chi connectivity index (χ2n) is 9.52. The minimum atomic E-state index is -0.208. The van der Waals surface area contributed by atoms with Crippen LogP contribution in [-0.4, -0.2) is 15.8 Å². The van der Waals surface area contributed by atoms with Gasteiger partial charge in [-0.25, -0.2) is 9.37 Å². The molecule has 0 saturated heterocycles. The van der Waals surface area contributed by atoms with Crippen molar-refractivity contribution in [3.63, 3.8) is 0 Å². The van der Waals surface area contributed by atoms with E-state index in [1.54, 1.807) is 6.07 Å². The van der Waals surface area contributed by atoms with E-state index >= 15 is 0 Å². The molecule has 0 fully saturated rings. The number of carbonyl (C=O) groups excluding carboxylic acids is 1. The van der Waals surface area contributed by atoms with Crippen molar-refractivity contribution in [1.82, 2.24) is 9.55 Å². The molecule has 0 radical (unpaired) electrons. The van der Waals surface area contributed by atoms with E-state index in [4.69, 9.17) is 4.98 Å². The highest BCUT2D eigenvalue weighted by Gasteiger charge is 2.33. The quantitative estimate of drug-likeness (QED) is 0.388. The maximum atomic E-state index is 14.7. The van der Waals surface area contributed by atoms with Crippen LogP contribution in [0.3, 0.4) is 0 Å². The van der Waals surface area contributed by atoms with Crippen molar-refractivity contribution in [1.29, 1.82) is 0 Å². The van der Waals surface area contributed by atoms with Crippen LogP contribution in [0, 0.1) is 12.7 Å². The van der Waals surface area contributed by atoms with Crippen LogP contribution in [0.2, 0.25) is 0 Å². The van der Waals surface area contributed by atoms with Crippen LogP contribution in [0.25, 0.3) is 22.3 Å². The van der Waals surface area contributed by atoms with Gasteiger partial charge in [-0.05, 0) is 72.8 Å². The Labute approximate surface area is 187 Å². The number of rotatable bonds is 5. The highest BCUT2D eigenvalue weighted by Crippen LogP contribution is 2.45. The maximum Gasteiger partial charge on any atom is 0.254 e. The third kappa shape index (κ3) is 2.90. The number of fused-ring (bicyclic) bond motifs is 4. The topological polar surface area (TPSA) is 52.0 Å². The first kappa shape index (κ1) is 21.0. The molecule has 2 aliphatic rings. The third-order valence-corrected chi connectivity index (χ3v) is 7.71. The van der Waals surface area contributed by atoms with Crippen LogP contribution in [0.5, 0.6) is 0 Å². The van der Waals surface area contributed by atoms with Gasteiger partial charge in [0.05, 0.1) is 23.4 Å². The second kappa shape index (κ2) is 7.65. The Kier molecular flexibility index (Phi) is 5.03. The number of aromatic nitrogens is 2. The lowest BCUT2D eigenvalue weighted by Crippen LogP contribution is -2.25. The van der Waals surface area contributed by atoms with Gasteiger partial charge in [0.15, 0.2) is 0 Å². The van der Waals surface area contributed by atoms with Crippen molar-refractivity contribution in [2.24, 2.45) is 0 Å². The van der Waals surface area contributed by atoms with E-state index in [2.05, 4.69) is 26.8 Å². The van der Waals surface area contributed by atoms with E-state index in [1.165, 1.54) is 5.56 Å². The van der Waals surface area contributed by atoms with Gasteiger partial charge in [0, 0.05) is 29.0 Å². The first-order chi connectivity index (χ1) is 15.4. The highest BCUT2D eigenvalue weighted by atomic mass is 19.1. The number of carbonyl (C=O) groups is 1. The number of aldehydes is 1. The standard InChI is InChI=1S/C27H29FN2O2/c1-5-14(2)19-11-23-26-20(13-30(23)27(32)18(19)7-6-10-31)24-15(3)8-9-17-16(4)21(28)12-22(29-26)25(17)24/h10-12,14-15H,5-9,13H2,1-4H3/t14?,15-/m0/s1. The number of hydrogen-bond donors (Lipinski definition) is 0. The molecule has 1 aliphatic heterocycles. The number of nitrogens with zero attached hydrogens (tertiary/aromatic N) is 2. The zero-order chi connectivity index (χ0) is 22.7. The Morgan fingerprint density at radius 2 is 2.09 bits per heavy atom. The van der Waals surface area contributed by atoms with Crippen LogP contribution in [0.1, 0.15) is 85.3 Å². The molecule has 0 saturated carbocycles. The van der Waals surface area contributed by atoms with Gasteiger partial charge < -0.3 is 9.36 Å². The molecule has 5 rings (SSSR count). The van der Waals surface area contributed by atoms with Crippen molar-refractivity contribution in [3.05, 3.63) is 61.7 Å². The molecule has 1 unspecified atom stereocenters. The third-order valence-electron chi connectivity index (χ3n) is 7.71. The molecule has 0 bridgehead atoms. The zero-order valence-electron chi connectivity index (χ0n) is 19.2. The second-order valence-corrected chi connectivity index (χ2v) is 9.52. The molecule has 4 nitrogen and oxygen atoms in total. The summed E-state index contributed by atoms with van der Waals surface area (Å²) in [4.78, 5) is 29.6. The summed E-state index contributed by atoms with van der Waals surface area (Å²) in [6.07, 6.45) is 4.42. The first-order valence-electron chi connectivity index (χ1n) is 11.7. The first-order valence-corrected chi connectivity index (χ1v) is 11.7. The summed E-state index contributed by atoms with van der Waals surface area (Å²) in [5.74, 6) is 0.337. The molecule has 5 heteroatoms. The van der Waals surface area contributed by atoms with E-state index in [0.29, 0.717) is 30.8 Å². The van der Waals surface area contributed by atoms with Gasteiger partial charge >= 0.3 is 0 Å². The molecular formula is C27H29FN2O2. The molecule has 0 spiro atoms. The van der Waals surface area contributed by atoms with Gasteiger partial charge in [0.1, 0.15) is 12.1 Å². The molecule has 2 atom stereocenters. The van der Waals surface area contributed by atoms with E-state index in [0.717, 1.165) is 70.1 Å². The number of hydrogen-bond acceptors (Lipinski definition) is 3. The van der Waals surface area contributed by atoms with Crippen molar-refractivity contribution in [2.75, 3.05) is 0 Å². The van der Waals surface area contributed by atoms with Crippen molar-refractivity contribution in [3.8, 4) is 11.4 Å². The van der Waals surface area contributed by atoms with Crippen LogP contribution in [0.15, 0.2) is 16.9 Å². The summed E-state index contributed by atoms with van der Waals surface area (Å²) in [6, 6.07) is 3.66. The predicted molar refractivity (Wildman–Crippen MR) is 125 cm³/mol. The molecule has 0 amide bonds. The van der Waals surface area contributed by atoms with Crippen molar-refractivity contribution in [2.45, 2.75) is 78.2 Å². The number of halogens is 1. The largest absolute Gasteiger partial charge is 0.303 e. The number of benzene rings is 1. The Balaban J connectivity index is 1.82. The lowest BCUT2D eigenvalue weighted by Gasteiger charge is -2.26. The monoisotopic (exact) mass is 432 g/mol. The Morgan fingerprint density at radius 3 is 2.81 bits per heavy atom. The maximum absolute atomic E-state index is 14.7. The van der Waals surface area contributed by atoms with Crippen LogP contribution < -0.4 is 5.56 Å². The lowest BCUT2D eigenvalue weighted by molar-refractivity contribution is -0.107. The Morgan fingerprint density at radius 1 is 1.31 bits per heavy atom. The van der Waals surface area contributed by atoms with E-state index in [9.17, 15) is 14.0 Å². The van der Waals surface area contributed by atoms with Gasteiger partial charge in [-0.15, -0.1) is 0 Å². The van der Waals surface area contributed by atoms with Gasteiger partial charge in [0.2, 0.25) is 0 Å². The molecule has 32 heavy (non-hydrogen) atoms. The predicted octanol–water partition coefficient (Wildman–Crippen LogP) is 5.57. The van der Waals surface area contributed by atoms with E-state index < -0.39 is 0 Å². The lowest BCUT2D eigenvalue weighted by atomic mass is 9.79. The van der Waals surface area contributed by atoms with Gasteiger partial charge in [-0.3, -0.25) is 4.79 Å². The average Bonchev–Trinajstić information content (AvgIpc) is 3.15. The molecular weight excluding hydrogens is 403 g/mol. The fourth-order valence-corrected chi connectivity index (χ4v) is 5.71. The minimum absolute atomic E-state index is 0.0139. The molecule has 3 aromatic rings. The van der Waals surface area contributed by atoms with Crippen LogP contribution >= 0.6 is 0 Å². The number of pyridine rings is 2. The molecule has 3 heterocycles. The zero-order valence-corrected chi connectivity index (χ0v) is 19.2. The highest BCUT2D eigenvalue weighted by molar-refractivity contribution is 5.92. The SMILES string of the molecule is CCC(C)c1cc2n(c(=O)c1CCC=O)Cc1c-2nc2cc(F)c(C)c3c2c1[C@@H](C)CC3. The smallest absolute Gasteiger partial charge is 0.254 e. The van der Waals surface area contributed by atoms with Crippen molar-refractivity contribution < 1.29 is 9.18 Å². The average molecular weight is 433 g/mol. The fraction of sp³-hybridized carbons (Fsp3) is 0.444. The van der Waals surface area contributed by atoms with Gasteiger partial charge in [0.25, 0.3) is 5.56 Å².